The first kappa shape index (κ1) is 25.4. The molecule has 3 N–H and O–H groups in total. The summed E-state index contributed by atoms with van der Waals surface area (Å²) in [5.41, 5.74) is 2.26. The first-order chi connectivity index (χ1) is 17.6. The number of carboxylic acids is 1. The van der Waals surface area contributed by atoms with Gasteiger partial charge in [0.1, 0.15) is 16.4 Å². The molecule has 4 aromatic rings. The molecule has 188 valence electrons. The molecular formula is C24H17ClN4O7S. The van der Waals surface area contributed by atoms with E-state index in [1.807, 2.05) is 0 Å². The Morgan fingerprint density at radius 1 is 1.03 bits per heavy atom. The molecule has 13 heteroatoms. The summed E-state index contributed by atoms with van der Waals surface area (Å²) in [6.45, 7) is 0. The summed E-state index contributed by atoms with van der Waals surface area (Å²) in [5.74, 6) is -0.452. The zero-order valence-electron chi connectivity index (χ0n) is 18.7. The second-order valence-electron chi connectivity index (χ2n) is 7.47. The molecular weight excluding hydrogens is 524 g/mol. The molecule has 0 saturated heterocycles. The standard InChI is InChI=1S/C24H17ClN4O7S/c25-16-7-5-15(6-8-16)22-12-10-18(36-22)14-26-27-21-11-9-17(29(32)33)13-23(21)37(34,35)28-20-4-2-1-3-19(20)24(30)31/h1-14,27-28H,(H,30,31)/b26-14+. The number of furan rings is 1. The lowest BCUT2D eigenvalue weighted by atomic mass is 10.2. The van der Waals surface area contributed by atoms with Crippen molar-refractivity contribution in [3.8, 4) is 11.3 Å². The summed E-state index contributed by atoms with van der Waals surface area (Å²) in [5, 5.41) is 25.2. The number of hydrazone groups is 1. The predicted octanol–water partition coefficient (Wildman–Crippen LogP) is 5.45. The van der Waals surface area contributed by atoms with Crippen LogP contribution in [0.4, 0.5) is 17.1 Å². The van der Waals surface area contributed by atoms with Gasteiger partial charge in [-0.25, -0.2) is 13.2 Å². The molecule has 0 spiro atoms. The average Bonchev–Trinajstić information content (AvgIpc) is 3.33. The van der Waals surface area contributed by atoms with Gasteiger partial charge in [-0.3, -0.25) is 20.3 Å². The molecule has 0 aliphatic heterocycles. The van der Waals surface area contributed by atoms with E-state index in [9.17, 15) is 28.4 Å². The number of nitro groups is 1. The van der Waals surface area contributed by atoms with Crippen molar-refractivity contribution in [2.24, 2.45) is 5.10 Å². The number of carboxylic acid groups (broad SMARTS) is 1. The molecule has 0 atom stereocenters. The first-order valence-corrected chi connectivity index (χ1v) is 12.3. The van der Waals surface area contributed by atoms with Crippen LogP contribution in [0.2, 0.25) is 5.02 Å². The van der Waals surface area contributed by atoms with Crippen LogP contribution < -0.4 is 10.1 Å². The molecule has 0 unspecified atom stereocenters. The van der Waals surface area contributed by atoms with Crippen LogP contribution in [0.5, 0.6) is 0 Å². The van der Waals surface area contributed by atoms with Crippen molar-refractivity contribution < 1.29 is 27.7 Å². The Balaban J connectivity index is 1.61. The van der Waals surface area contributed by atoms with Gasteiger partial charge in [0, 0.05) is 22.7 Å². The average molecular weight is 541 g/mol. The maximum absolute atomic E-state index is 13.1. The van der Waals surface area contributed by atoms with Crippen molar-refractivity contribution in [3.63, 3.8) is 0 Å². The highest BCUT2D eigenvalue weighted by Crippen LogP contribution is 2.29. The van der Waals surface area contributed by atoms with Gasteiger partial charge in [-0.1, -0.05) is 23.7 Å². The molecule has 0 amide bonds. The monoisotopic (exact) mass is 540 g/mol. The number of nitrogens with zero attached hydrogens (tertiary/aromatic N) is 2. The number of carbonyl (C=O) groups is 1. The molecule has 0 saturated carbocycles. The molecule has 0 bridgehead atoms. The fraction of sp³-hybridized carbons (Fsp3) is 0. The van der Waals surface area contributed by atoms with Crippen LogP contribution in [-0.2, 0) is 10.0 Å². The van der Waals surface area contributed by atoms with E-state index in [-0.39, 0.29) is 16.9 Å². The van der Waals surface area contributed by atoms with E-state index >= 15 is 0 Å². The van der Waals surface area contributed by atoms with Crippen molar-refractivity contribution in [2.75, 3.05) is 10.1 Å². The van der Waals surface area contributed by atoms with E-state index in [2.05, 4.69) is 15.2 Å². The normalized spacial score (nSPS) is 11.4. The minimum atomic E-state index is -4.47. The van der Waals surface area contributed by atoms with E-state index in [0.29, 0.717) is 16.5 Å². The highest BCUT2D eigenvalue weighted by atomic mass is 35.5. The number of hydrogen-bond acceptors (Lipinski definition) is 8. The zero-order valence-corrected chi connectivity index (χ0v) is 20.2. The molecule has 1 aromatic heterocycles. The van der Waals surface area contributed by atoms with Crippen molar-refractivity contribution in [1.29, 1.82) is 0 Å². The highest BCUT2D eigenvalue weighted by molar-refractivity contribution is 7.93. The van der Waals surface area contributed by atoms with Gasteiger partial charge in [-0.05, 0) is 54.6 Å². The van der Waals surface area contributed by atoms with Gasteiger partial charge in [0.25, 0.3) is 15.7 Å². The third-order valence-corrected chi connectivity index (χ3v) is 6.66. The minimum Gasteiger partial charge on any atom is -0.478 e. The van der Waals surface area contributed by atoms with E-state index in [1.165, 1.54) is 36.5 Å². The Labute approximate surface area is 215 Å². The number of rotatable bonds is 9. The van der Waals surface area contributed by atoms with Crippen molar-refractivity contribution in [3.05, 3.63) is 105 Å². The number of benzene rings is 3. The van der Waals surface area contributed by atoms with E-state index in [1.54, 1.807) is 36.4 Å². The van der Waals surface area contributed by atoms with E-state index < -0.39 is 31.5 Å². The Bertz CT molecular complexity index is 1620. The smallest absolute Gasteiger partial charge is 0.337 e. The Morgan fingerprint density at radius 2 is 1.76 bits per heavy atom. The molecule has 37 heavy (non-hydrogen) atoms. The lowest BCUT2D eigenvalue weighted by Gasteiger charge is -2.13. The van der Waals surface area contributed by atoms with Crippen molar-refractivity contribution in [2.45, 2.75) is 4.90 Å². The second kappa shape index (κ2) is 10.5. The lowest BCUT2D eigenvalue weighted by molar-refractivity contribution is -0.385. The number of nitro benzene ring substituents is 1. The topological polar surface area (TPSA) is 164 Å². The molecule has 1 heterocycles. The van der Waals surface area contributed by atoms with Gasteiger partial charge < -0.3 is 9.52 Å². The first-order valence-electron chi connectivity index (χ1n) is 10.4. The van der Waals surface area contributed by atoms with Gasteiger partial charge in [-0.15, -0.1) is 0 Å². The van der Waals surface area contributed by atoms with Crippen LogP contribution >= 0.6 is 11.6 Å². The third kappa shape index (κ3) is 5.94. The van der Waals surface area contributed by atoms with Gasteiger partial charge in [0.2, 0.25) is 0 Å². The SMILES string of the molecule is O=C(O)c1ccccc1NS(=O)(=O)c1cc([N+](=O)[O-])ccc1N/N=C/c1ccc(-c2ccc(Cl)cc2)o1. The molecule has 0 radical (unpaired) electrons. The van der Waals surface area contributed by atoms with Gasteiger partial charge in [-0.2, -0.15) is 5.10 Å². The van der Waals surface area contributed by atoms with Gasteiger partial charge >= 0.3 is 5.97 Å². The maximum Gasteiger partial charge on any atom is 0.337 e. The van der Waals surface area contributed by atoms with Gasteiger partial charge in [0.15, 0.2) is 0 Å². The van der Waals surface area contributed by atoms with Crippen LogP contribution in [0.15, 0.2) is 93.3 Å². The van der Waals surface area contributed by atoms with Crippen LogP contribution in [0.25, 0.3) is 11.3 Å². The Morgan fingerprint density at radius 3 is 2.46 bits per heavy atom. The number of anilines is 2. The maximum atomic E-state index is 13.1. The second-order valence-corrected chi connectivity index (χ2v) is 9.56. The number of non-ortho nitro benzene ring substituents is 1. The Kier molecular flexibility index (Phi) is 7.22. The Hall–Kier alpha value is -4.68. The number of nitrogens with one attached hydrogen (secondary N) is 2. The summed E-state index contributed by atoms with van der Waals surface area (Å²) in [6, 6.07) is 18.8. The summed E-state index contributed by atoms with van der Waals surface area (Å²) >= 11 is 5.90. The van der Waals surface area contributed by atoms with E-state index in [4.69, 9.17) is 16.0 Å². The molecule has 0 aliphatic carbocycles. The third-order valence-electron chi connectivity index (χ3n) is 5.00. The molecule has 4 rings (SSSR count). The van der Waals surface area contributed by atoms with Crippen molar-refractivity contribution >= 4 is 50.9 Å². The number of para-hydroxylation sites is 1. The van der Waals surface area contributed by atoms with Crippen LogP contribution in [0.1, 0.15) is 16.1 Å². The fourth-order valence-corrected chi connectivity index (χ4v) is 4.64. The van der Waals surface area contributed by atoms with Gasteiger partial charge in [0.05, 0.1) is 28.1 Å². The molecule has 11 nitrogen and oxygen atoms in total. The van der Waals surface area contributed by atoms with E-state index in [0.717, 1.165) is 17.7 Å². The number of aromatic carboxylic acids is 1. The largest absolute Gasteiger partial charge is 0.478 e. The van der Waals surface area contributed by atoms with Crippen molar-refractivity contribution in [1.82, 2.24) is 0 Å². The molecule has 0 aliphatic rings. The quantitative estimate of drug-likeness (QED) is 0.143. The summed E-state index contributed by atoms with van der Waals surface area (Å²) < 4.78 is 34.2. The van der Waals surface area contributed by atoms with Crippen LogP contribution in [0.3, 0.4) is 0 Å². The molecule has 3 aromatic carbocycles. The fourth-order valence-electron chi connectivity index (χ4n) is 3.25. The number of halogens is 1. The summed E-state index contributed by atoms with van der Waals surface area (Å²) in [6.07, 6.45) is 1.30. The number of hydrogen-bond donors (Lipinski definition) is 3. The van der Waals surface area contributed by atoms with Crippen LogP contribution in [0, 0.1) is 10.1 Å². The number of sulfonamides is 1. The zero-order chi connectivity index (χ0) is 26.6. The van der Waals surface area contributed by atoms with Crippen LogP contribution in [-0.4, -0.2) is 30.6 Å². The minimum absolute atomic E-state index is 0.0911. The highest BCUT2D eigenvalue weighted by Gasteiger charge is 2.24. The lowest BCUT2D eigenvalue weighted by Crippen LogP contribution is -2.17. The summed E-state index contributed by atoms with van der Waals surface area (Å²) in [7, 11) is -4.47. The summed E-state index contributed by atoms with van der Waals surface area (Å²) in [4.78, 5) is 21.5. The predicted molar refractivity (Wildman–Crippen MR) is 138 cm³/mol. The molecule has 0 fully saturated rings.